The smallest absolute Gasteiger partial charge is 0.326 e. The van der Waals surface area contributed by atoms with E-state index in [9.17, 15) is 14.4 Å². The van der Waals surface area contributed by atoms with Crippen LogP contribution in [0.25, 0.3) is 0 Å². The standard InChI is InChI=1S/C13H23N3O4S/c1-7(2)10(14)11(17)15-8(6-21)12(18)16-5-3-4-9(16)13(19)20/h7-10,21H,3-6,14H2,1-2H3,(H,15,17)(H,19,20)/t8-,9+,10-/m0/s1. The molecule has 7 nitrogen and oxygen atoms in total. The number of hydrogen-bond acceptors (Lipinski definition) is 5. The van der Waals surface area contributed by atoms with Gasteiger partial charge in [-0.2, -0.15) is 12.6 Å². The lowest BCUT2D eigenvalue weighted by atomic mass is 10.0. The van der Waals surface area contributed by atoms with Crippen molar-refractivity contribution in [2.24, 2.45) is 11.7 Å². The summed E-state index contributed by atoms with van der Waals surface area (Å²) in [5.74, 6) is -1.83. The monoisotopic (exact) mass is 317 g/mol. The van der Waals surface area contributed by atoms with Crippen LogP contribution in [0, 0.1) is 5.92 Å². The van der Waals surface area contributed by atoms with Crippen molar-refractivity contribution in [3.05, 3.63) is 0 Å². The molecule has 21 heavy (non-hydrogen) atoms. The van der Waals surface area contributed by atoms with Crippen molar-refractivity contribution in [3.8, 4) is 0 Å². The van der Waals surface area contributed by atoms with Gasteiger partial charge >= 0.3 is 5.97 Å². The molecule has 0 unspecified atom stereocenters. The van der Waals surface area contributed by atoms with E-state index in [1.165, 1.54) is 4.90 Å². The molecule has 1 heterocycles. The lowest BCUT2D eigenvalue weighted by molar-refractivity contribution is -0.149. The summed E-state index contributed by atoms with van der Waals surface area (Å²) >= 11 is 4.07. The molecule has 1 aliphatic heterocycles. The third-order valence-corrected chi connectivity index (χ3v) is 4.00. The molecule has 1 saturated heterocycles. The molecule has 0 saturated carbocycles. The second-order valence-electron chi connectivity index (χ2n) is 5.54. The zero-order valence-corrected chi connectivity index (χ0v) is 13.2. The maximum Gasteiger partial charge on any atom is 0.326 e. The van der Waals surface area contributed by atoms with E-state index in [1.807, 2.05) is 13.8 Å². The van der Waals surface area contributed by atoms with Crippen LogP contribution in [0.4, 0.5) is 0 Å². The number of carboxylic acid groups (broad SMARTS) is 1. The first-order valence-corrected chi connectivity index (χ1v) is 7.63. The highest BCUT2D eigenvalue weighted by atomic mass is 32.1. The van der Waals surface area contributed by atoms with Gasteiger partial charge in [0, 0.05) is 12.3 Å². The maximum atomic E-state index is 12.4. The number of carboxylic acids is 1. The zero-order chi connectivity index (χ0) is 16.2. The highest BCUT2D eigenvalue weighted by molar-refractivity contribution is 7.80. The van der Waals surface area contributed by atoms with Gasteiger partial charge in [-0.15, -0.1) is 0 Å². The number of nitrogens with two attached hydrogens (primary N) is 1. The summed E-state index contributed by atoms with van der Waals surface area (Å²) in [6.07, 6.45) is 1.07. The van der Waals surface area contributed by atoms with Crippen molar-refractivity contribution >= 4 is 30.4 Å². The lowest BCUT2D eigenvalue weighted by Crippen LogP contribution is -2.56. The van der Waals surface area contributed by atoms with Gasteiger partial charge in [-0.3, -0.25) is 9.59 Å². The van der Waals surface area contributed by atoms with Crippen molar-refractivity contribution in [1.82, 2.24) is 10.2 Å². The van der Waals surface area contributed by atoms with E-state index < -0.39 is 35.9 Å². The highest BCUT2D eigenvalue weighted by Gasteiger charge is 2.37. The fourth-order valence-electron chi connectivity index (χ4n) is 2.24. The summed E-state index contributed by atoms with van der Waals surface area (Å²) < 4.78 is 0. The SMILES string of the molecule is CC(C)[C@H](N)C(=O)N[C@@H](CS)C(=O)N1CCC[C@@H]1C(=O)O. The average Bonchev–Trinajstić information content (AvgIpc) is 2.92. The molecule has 1 rings (SSSR count). The molecule has 120 valence electrons. The second-order valence-corrected chi connectivity index (χ2v) is 5.91. The minimum atomic E-state index is -1.02. The Morgan fingerprint density at radius 3 is 2.52 bits per heavy atom. The first-order chi connectivity index (χ1) is 9.79. The van der Waals surface area contributed by atoms with Crippen molar-refractivity contribution in [1.29, 1.82) is 0 Å². The topological polar surface area (TPSA) is 113 Å². The number of thiol groups is 1. The van der Waals surface area contributed by atoms with Gasteiger partial charge in [-0.05, 0) is 18.8 Å². The minimum absolute atomic E-state index is 0.0563. The van der Waals surface area contributed by atoms with Crippen LogP contribution < -0.4 is 11.1 Å². The van der Waals surface area contributed by atoms with Crippen molar-refractivity contribution < 1.29 is 19.5 Å². The Bertz CT molecular complexity index is 416. The molecule has 2 amide bonds. The van der Waals surface area contributed by atoms with E-state index in [2.05, 4.69) is 17.9 Å². The van der Waals surface area contributed by atoms with Crippen LogP contribution in [-0.4, -0.2) is 58.2 Å². The molecule has 1 aliphatic rings. The summed E-state index contributed by atoms with van der Waals surface area (Å²) in [5.41, 5.74) is 5.74. The number of carbonyl (C=O) groups is 3. The Balaban J connectivity index is 2.73. The van der Waals surface area contributed by atoms with Crippen molar-refractivity contribution in [2.45, 2.75) is 44.8 Å². The maximum absolute atomic E-state index is 12.4. The Morgan fingerprint density at radius 2 is 2.05 bits per heavy atom. The molecule has 0 aromatic heterocycles. The largest absolute Gasteiger partial charge is 0.480 e. The molecule has 0 aromatic carbocycles. The number of carbonyl (C=O) groups excluding carboxylic acids is 2. The van der Waals surface area contributed by atoms with Crippen LogP contribution in [0.5, 0.6) is 0 Å². The molecule has 0 aliphatic carbocycles. The molecule has 8 heteroatoms. The van der Waals surface area contributed by atoms with E-state index >= 15 is 0 Å². The average molecular weight is 317 g/mol. The highest BCUT2D eigenvalue weighted by Crippen LogP contribution is 2.18. The number of hydrogen-bond donors (Lipinski definition) is 4. The molecule has 4 N–H and O–H groups in total. The quantitative estimate of drug-likeness (QED) is 0.492. The Labute approximate surface area is 129 Å². The molecular weight excluding hydrogens is 294 g/mol. The molecule has 0 aromatic rings. The molecule has 1 fully saturated rings. The minimum Gasteiger partial charge on any atom is -0.480 e. The summed E-state index contributed by atoms with van der Waals surface area (Å²) in [6, 6.07) is -2.39. The summed E-state index contributed by atoms with van der Waals surface area (Å²) in [7, 11) is 0. The number of nitrogens with one attached hydrogen (secondary N) is 1. The zero-order valence-electron chi connectivity index (χ0n) is 12.3. The molecule has 3 atom stereocenters. The van der Waals surface area contributed by atoms with E-state index in [1.54, 1.807) is 0 Å². The van der Waals surface area contributed by atoms with E-state index in [0.717, 1.165) is 0 Å². The summed E-state index contributed by atoms with van der Waals surface area (Å²) in [4.78, 5) is 36.7. The summed E-state index contributed by atoms with van der Waals surface area (Å²) in [5, 5.41) is 11.7. The lowest BCUT2D eigenvalue weighted by Gasteiger charge is -2.27. The van der Waals surface area contributed by atoms with Crippen molar-refractivity contribution in [3.63, 3.8) is 0 Å². The molecule has 0 bridgehead atoms. The van der Waals surface area contributed by atoms with Crippen LogP contribution in [-0.2, 0) is 14.4 Å². The van der Waals surface area contributed by atoms with Gasteiger partial charge in [0.15, 0.2) is 0 Å². The molecule has 0 radical (unpaired) electrons. The van der Waals surface area contributed by atoms with Gasteiger partial charge in [0.05, 0.1) is 6.04 Å². The third-order valence-electron chi connectivity index (χ3n) is 3.64. The Kier molecular flexibility index (Phi) is 6.47. The van der Waals surface area contributed by atoms with E-state index in [0.29, 0.717) is 19.4 Å². The van der Waals surface area contributed by atoms with Crippen LogP contribution >= 0.6 is 12.6 Å². The fraction of sp³-hybridized carbons (Fsp3) is 0.769. The van der Waals surface area contributed by atoms with Crippen LogP contribution in [0.2, 0.25) is 0 Å². The van der Waals surface area contributed by atoms with Gasteiger partial charge in [0.1, 0.15) is 12.1 Å². The predicted octanol–water partition coefficient (Wildman–Crippen LogP) is -0.540. The van der Waals surface area contributed by atoms with Gasteiger partial charge < -0.3 is 21.1 Å². The van der Waals surface area contributed by atoms with Gasteiger partial charge in [-0.1, -0.05) is 13.8 Å². The third kappa shape index (κ3) is 4.34. The number of rotatable bonds is 6. The normalized spacial score (nSPS) is 21.2. The van der Waals surface area contributed by atoms with Gasteiger partial charge in [0.2, 0.25) is 11.8 Å². The van der Waals surface area contributed by atoms with Crippen LogP contribution in [0.15, 0.2) is 0 Å². The Hall–Kier alpha value is -1.28. The van der Waals surface area contributed by atoms with Crippen LogP contribution in [0.1, 0.15) is 26.7 Å². The molecule has 0 spiro atoms. The van der Waals surface area contributed by atoms with E-state index in [-0.39, 0.29) is 11.7 Å². The number of likely N-dealkylation sites (tertiary alicyclic amines) is 1. The fourth-order valence-corrected chi connectivity index (χ4v) is 2.49. The van der Waals surface area contributed by atoms with Gasteiger partial charge in [-0.25, -0.2) is 4.79 Å². The predicted molar refractivity (Wildman–Crippen MR) is 81.0 cm³/mol. The Morgan fingerprint density at radius 1 is 1.43 bits per heavy atom. The molecular formula is C13H23N3O4S. The number of nitrogens with zero attached hydrogens (tertiary/aromatic N) is 1. The number of amides is 2. The first-order valence-electron chi connectivity index (χ1n) is 6.99. The number of aliphatic carboxylic acids is 1. The van der Waals surface area contributed by atoms with E-state index in [4.69, 9.17) is 10.8 Å². The first kappa shape index (κ1) is 17.8. The second kappa shape index (κ2) is 7.65. The summed E-state index contributed by atoms with van der Waals surface area (Å²) in [6.45, 7) is 4.00. The van der Waals surface area contributed by atoms with Crippen LogP contribution in [0.3, 0.4) is 0 Å². The van der Waals surface area contributed by atoms with Crippen molar-refractivity contribution in [2.75, 3.05) is 12.3 Å². The van der Waals surface area contributed by atoms with Gasteiger partial charge in [0.25, 0.3) is 0 Å².